The van der Waals surface area contributed by atoms with Gasteiger partial charge in [-0.1, -0.05) is 91.0 Å². The predicted molar refractivity (Wildman–Crippen MR) is 110 cm³/mol. The maximum Gasteiger partial charge on any atom is 0.0509 e. The van der Waals surface area contributed by atoms with Gasteiger partial charge in [-0.3, -0.25) is 0 Å². The molecule has 3 aromatic carbocycles. The van der Waals surface area contributed by atoms with Crippen molar-refractivity contribution in [2.75, 3.05) is 0 Å². The summed E-state index contributed by atoms with van der Waals surface area (Å²) < 4.78 is 0. The molecule has 1 aliphatic heterocycles. The number of rotatable bonds is 5. The number of nitrogens with zero attached hydrogens (tertiary/aromatic N) is 1. The van der Waals surface area contributed by atoms with Crippen molar-refractivity contribution in [2.45, 2.75) is 19.0 Å². The van der Waals surface area contributed by atoms with E-state index in [0.29, 0.717) is 6.04 Å². The molecule has 26 heavy (non-hydrogen) atoms. The third-order valence-corrected chi connectivity index (χ3v) is 5.02. The topological polar surface area (TPSA) is 3.24 Å². The molecule has 0 spiro atoms. The zero-order valence-corrected chi connectivity index (χ0v) is 14.9. The van der Waals surface area contributed by atoms with Crippen LogP contribution in [0.1, 0.15) is 17.5 Å². The molecule has 0 bridgehead atoms. The van der Waals surface area contributed by atoms with Crippen molar-refractivity contribution in [2.24, 2.45) is 0 Å². The van der Waals surface area contributed by atoms with Crippen LogP contribution in [0.4, 0.5) is 0 Å². The van der Waals surface area contributed by atoms with Crippen LogP contribution in [0, 0.1) is 0 Å². The first-order chi connectivity index (χ1) is 12.8. The lowest BCUT2D eigenvalue weighted by Crippen LogP contribution is -2.23. The van der Waals surface area contributed by atoms with Gasteiger partial charge in [-0.15, -0.1) is 6.58 Å². The molecule has 1 atom stereocenters. The minimum atomic E-state index is 0.360. The maximum atomic E-state index is 4.04. The molecule has 0 saturated heterocycles. The lowest BCUT2D eigenvalue weighted by molar-refractivity contribution is 0.337. The van der Waals surface area contributed by atoms with Crippen LogP contribution >= 0.6 is 0 Å². The predicted octanol–water partition coefficient (Wildman–Crippen LogP) is 6.16. The van der Waals surface area contributed by atoms with Gasteiger partial charge in [0.05, 0.1) is 6.04 Å². The molecule has 0 N–H and O–H groups in total. The average molecular weight is 337 g/mol. The minimum Gasteiger partial charge on any atom is -0.366 e. The second-order valence-electron chi connectivity index (χ2n) is 6.76. The van der Waals surface area contributed by atoms with Crippen LogP contribution in [-0.4, -0.2) is 10.9 Å². The van der Waals surface area contributed by atoms with E-state index in [9.17, 15) is 0 Å². The van der Waals surface area contributed by atoms with E-state index in [1.54, 1.807) is 0 Å². The van der Waals surface area contributed by atoms with Crippen molar-refractivity contribution in [3.8, 4) is 11.1 Å². The van der Waals surface area contributed by atoms with Gasteiger partial charge in [0.15, 0.2) is 0 Å². The summed E-state index contributed by atoms with van der Waals surface area (Å²) >= 11 is 0. The number of hydrogen-bond acceptors (Lipinski definition) is 1. The Morgan fingerprint density at radius 1 is 0.769 bits per heavy atom. The Morgan fingerprint density at radius 2 is 1.35 bits per heavy atom. The van der Waals surface area contributed by atoms with Gasteiger partial charge in [-0.2, -0.15) is 0 Å². The molecule has 4 rings (SSSR count). The van der Waals surface area contributed by atoms with E-state index in [4.69, 9.17) is 0 Å². The van der Waals surface area contributed by atoms with Crippen LogP contribution in [-0.2, 0) is 6.54 Å². The highest BCUT2D eigenvalue weighted by Gasteiger charge is 2.22. The van der Waals surface area contributed by atoms with Crippen molar-refractivity contribution in [3.63, 3.8) is 0 Å². The SMILES string of the molecule is C=C[C@H]1CC(c2ccc(-c3ccccc3)cc2)=CN1Cc1ccccc1. The number of hydrogen-bond donors (Lipinski definition) is 0. The van der Waals surface area contributed by atoms with Gasteiger partial charge in [0.1, 0.15) is 0 Å². The molecule has 1 heteroatoms. The Balaban J connectivity index is 1.55. The first-order valence-electron chi connectivity index (χ1n) is 9.12. The first-order valence-corrected chi connectivity index (χ1v) is 9.12. The summed E-state index contributed by atoms with van der Waals surface area (Å²) in [6, 6.07) is 30.4. The van der Waals surface area contributed by atoms with E-state index in [1.165, 1.54) is 27.8 Å². The second kappa shape index (κ2) is 7.45. The fourth-order valence-electron chi connectivity index (χ4n) is 3.57. The molecule has 0 aliphatic carbocycles. The van der Waals surface area contributed by atoms with Gasteiger partial charge in [-0.25, -0.2) is 0 Å². The molecule has 0 saturated carbocycles. The van der Waals surface area contributed by atoms with Gasteiger partial charge in [0.2, 0.25) is 0 Å². The maximum absolute atomic E-state index is 4.04. The summed E-state index contributed by atoms with van der Waals surface area (Å²) in [5, 5.41) is 0. The highest BCUT2D eigenvalue weighted by Crippen LogP contribution is 2.32. The normalized spacial score (nSPS) is 16.4. The van der Waals surface area contributed by atoms with Crippen LogP contribution in [0.25, 0.3) is 16.7 Å². The average Bonchev–Trinajstić information content (AvgIpc) is 3.12. The molecule has 1 nitrogen and oxygen atoms in total. The smallest absolute Gasteiger partial charge is 0.0509 e. The summed E-state index contributed by atoms with van der Waals surface area (Å²) in [5.74, 6) is 0. The Labute approximate surface area is 155 Å². The summed E-state index contributed by atoms with van der Waals surface area (Å²) in [5.41, 5.74) is 6.53. The number of benzene rings is 3. The Kier molecular flexibility index (Phi) is 4.70. The van der Waals surface area contributed by atoms with Crippen molar-refractivity contribution >= 4 is 5.57 Å². The monoisotopic (exact) mass is 337 g/mol. The second-order valence-corrected chi connectivity index (χ2v) is 6.76. The molecule has 1 heterocycles. The molecule has 0 radical (unpaired) electrons. The van der Waals surface area contributed by atoms with Gasteiger partial charge < -0.3 is 4.90 Å². The van der Waals surface area contributed by atoms with Crippen LogP contribution in [0.5, 0.6) is 0 Å². The van der Waals surface area contributed by atoms with Crippen molar-refractivity contribution in [1.82, 2.24) is 4.90 Å². The summed E-state index contributed by atoms with van der Waals surface area (Å²) in [6.45, 7) is 4.96. The molecule has 128 valence electrons. The third kappa shape index (κ3) is 3.48. The van der Waals surface area contributed by atoms with Crippen molar-refractivity contribution in [1.29, 1.82) is 0 Å². The van der Waals surface area contributed by atoms with Gasteiger partial charge in [0, 0.05) is 12.7 Å². The molecular weight excluding hydrogens is 314 g/mol. The van der Waals surface area contributed by atoms with Gasteiger partial charge >= 0.3 is 0 Å². The van der Waals surface area contributed by atoms with E-state index in [1.807, 2.05) is 0 Å². The molecule has 0 fully saturated rings. The van der Waals surface area contributed by atoms with Crippen molar-refractivity contribution in [3.05, 3.63) is 115 Å². The molecule has 1 aliphatic rings. The Morgan fingerprint density at radius 3 is 2.00 bits per heavy atom. The summed E-state index contributed by atoms with van der Waals surface area (Å²) in [7, 11) is 0. The van der Waals surface area contributed by atoms with Gasteiger partial charge in [-0.05, 0) is 34.2 Å². The van der Waals surface area contributed by atoms with Crippen LogP contribution in [0.3, 0.4) is 0 Å². The van der Waals surface area contributed by atoms with E-state index in [-0.39, 0.29) is 0 Å². The molecule has 0 aromatic heterocycles. The van der Waals surface area contributed by atoms with E-state index >= 15 is 0 Å². The Bertz CT molecular complexity index is 892. The third-order valence-electron chi connectivity index (χ3n) is 5.02. The van der Waals surface area contributed by atoms with Crippen LogP contribution < -0.4 is 0 Å². The molecule has 3 aromatic rings. The minimum absolute atomic E-state index is 0.360. The lowest BCUT2D eigenvalue weighted by atomic mass is 9.99. The summed E-state index contributed by atoms with van der Waals surface area (Å²) in [4.78, 5) is 2.39. The summed E-state index contributed by atoms with van der Waals surface area (Å²) in [6.07, 6.45) is 5.38. The molecular formula is C25H23N. The fraction of sp³-hybridized carbons (Fsp3) is 0.120. The first kappa shape index (κ1) is 16.4. The zero-order chi connectivity index (χ0) is 17.8. The quantitative estimate of drug-likeness (QED) is 0.504. The standard InChI is InChI=1S/C25H23N/c1-2-25-17-24(19-26(25)18-20-9-5-3-6-10-20)23-15-13-22(14-16-23)21-11-7-4-8-12-21/h2-16,19,25H,1,17-18H2/t25-/m0/s1. The zero-order valence-electron chi connectivity index (χ0n) is 14.9. The Hall–Kier alpha value is -3.06. The van der Waals surface area contributed by atoms with E-state index in [2.05, 4.69) is 109 Å². The highest BCUT2D eigenvalue weighted by atomic mass is 15.1. The fourth-order valence-corrected chi connectivity index (χ4v) is 3.57. The van der Waals surface area contributed by atoms with E-state index in [0.717, 1.165) is 13.0 Å². The molecule has 0 unspecified atom stereocenters. The van der Waals surface area contributed by atoms with E-state index < -0.39 is 0 Å². The van der Waals surface area contributed by atoms with Crippen LogP contribution in [0.2, 0.25) is 0 Å². The van der Waals surface area contributed by atoms with Crippen molar-refractivity contribution < 1.29 is 0 Å². The van der Waals surface area contributed by atoms with Gasteiger partial charge in [0.25, 0.3) is 0 Å². The molecule has 0 amide bonds. The largest absolute Gasteiger partial charge is 0.366 e. The van der Waals surface area contributed by atoms with Crippen LogP contribution in [0.15, 0.2) is 104 Å². The lowest BCUT2D eigenvalue weighted by Gasteiger charge is -2.22. The highest BCUT2D eigenvalue weighted by molar-refractivity contribution is 5.72.